The van der Waals surface area contributed by atoms with Gasteiger partial charge < -0.3 is 10.1 Å². The number of amides is 1. The van der Waals surface area contributed by atoms with E-state index in [0.717, 1.165) is 19.6 Å². The third kappa shape index (κ3) is 1.11. The first-order valence-corrected chi connectivity index (χ1v) is 5.39. The lowest BCUT2D eigenvalue weighted by atomic mass is 9.63. The largest absolute Gasteiger partial charge is 0.380 e. The van der Waals surface area contributed by atoms with E-state index in [1.807, 2.05) is 0 Å². The first-order chi connectivity index (χ1) is 6.52. The quantitative estimate of drug-likeness (QED) is 0.688. The van der Waals surface area contributed by atoms with Crippen molar-refractivity contribution >= 4 is 5.91 Å². The van der Waals surface area contributed by atoms with Crippen LogP contribution < -0.4 is 5.32 Å². The topological polar surface area (TPSA) is 38.3 Å². The Morgan fingerprint density at radius 2 is 2.21 bits per heavy atom. The highest BCUT2D eigenvalue weighted by Crippen LogP contribution is 2.52. The zero-order valence-electron chi connectivity index (χ0n) is 9.22. The van der Waals surface area contributed by atoms with E-state index in [-0.39, 0.29) is 16.7 Å². The summed E-state index contributed by atoms with van der Waals surface area (Å²) >= 11 is 0. The molecule has 14 heavy (non-hydrogen) atoms. The van der Waals surface area contributed by atoms with Crippen LogP contribution in [-0.4, -0.2) is 25.2 Å². The second kappa shape index (κ2) is 2.96. The van der Waals surface area contributed by atoms with Crippen LogP contribution in [0.25, 0.3) is 0 Å². The van der Waals surface area contributed by atoms with Gasteiger partial charge in [0.1, 0.15) is 0 Å². The van der Waals surface area contributed by atoms with Gasteiger partial charge in [-0.15, -0.1) is 0 Å². The summed E-state index contributed by atoms with van der Waals surface area (Å²) in [5.74, 6) is 0.190. The zero-order valence-corrected chi connectivity index (χ0v) is 9.22. The van der Waals surface area contributed by atoms with E-state index < -0.39 is 0 Å². The SMILES string of the molecule is CCC1NC(=O)CC12COCC2(C)C. The molecule has 80 valence electrons. The van der Waals surface area contributed by atoms with Gasteiger partial charge in [-0.2, -0.15) is 0 Å². The molecule has 0 saturated carbocycles. The van der Waals surface area contributed by atoms with E-state index in [9.17, 15) is 4.79 Å². The Kier molecular flexibility index (Phi) is 2.11. The van der Waals surface area contributed by atoms with Crippen LogP contribution in [0, 0.1) is 10.8 Å². The molecule has 2 saturated heterocycles. The molecule has 3 nitrogen and oxygen atoms in total. The molecular formula is C11H19NO2. The van der Waals surface area contributed by atoms with E-state index in [4.69, 9.17) is 4.74 Å². The van der Waals surface area contributed by atoms with Crippen LogP contribution >= 0.6 is 0 Å². The van der Waals surface area contributed by atoms with Gasteiger partial charge in [0.25, 0.3) is 0 Å². The minimum atomic E-state index is 0.0405. The molecule has 2 aliphatic rings. The fourth-order valence-corrected chi connectivity index (χ4v) is 2.98. The van der Waals surface area contributed by atoms with Gasteiger partial charge >= 0.3 is 0 Å². The molecule has 0 aromatic rings. The maximum absolute atomic E-state index is 11.5. The predicted octanol–water partition coefficient (Wildman–Crippen LogP) is 1.33. The summed E-state index contributed by atoms with van der Waals surface area (Å²) in [6.45, 7) is 8.06. The third-order valence-electron chi connectivity index (χ3n) is 4.06. The van der Waals surface area contributed by atoms with Crippen molar-refractivity contribution in [3.8, 4) is 0 Å². The van der Waals surface area contributed by atoms with Gasteiger partial charge in [-0.1, -0.05) is 20.8 Å². The standard InChI is InChI=1S/C11H19NO2/c1-4-8-11(5-9(13)12-8)7-14-6-10(11,2)3/h8H,4-7H2,1-3H3,(H,12,13). The Labute approximate surface area is 85.2 Å². The van der Waals surface area contributed by atoms with Crippen molar-refractivity contribution < 1.29 is 9.53 Å². The minimum absolute atomic E-state index is 0.0405. The Bertz CT molecular complexity index is 262. The minimum Gasteiger partial charge on any atom is -0.380 e. The number of ether oxygens (including phenoxy) is 1. The summed E-state index contributed by atoms with van der Waals surface area (Å²) in [5.41, 5.74) is 0.158. The lowest BCUT2D eigenvalue weighted by Crippen LogP contribution is -2.46. The van der Waals surface area contributed by atoms with Crippen LogP contribution in [0.4, 0.5) is 0 Å². The fourth-order valence-electron chi connectivity index (χ4n) is 2.98. The first-order valence-electron chi connectivity index (χ1n) is 5.39. The van der Waals surface area contributed by atoms with Crippen molar-refractivity contribution in [2.75, 3.05) is 13.2 Å². The number of hydrogen-bond acceptors (Lipinski definition) is 2. The molecule has 2 rings (SSSR count). The van der Waals surface area contributed by atoms with Gasteiger partial charge in [-0.25, -0.2) is 0 Å². The van der Waals surface area contributed by atoms with Crippen LogP contribution in [0.1, 0.15) is 33.6 Å². The second-order valence-corrected chi connectivity index (χ2v) is 5.24. The maximum atomic E-state index is 11.5. The molecule has 1 N–H and O–H groups in total. The molecule has 0 aromatic heterocycles. The van der Waals surface area contributed by atoms with E-state index in [0.29, 0.717) is 12.5 Å². The van der Waals surface area contributed by atoms with Gasteiger partial charge in [0.2, 0.25) is 5.91 Å². The monoisotopic (exact) mass is 197 g/mol. The van der Waals surface area contributed by atoms with Crippen molar-refractivity contribution in [3.63, 3.8) is 0 Å². The lowest BCUT2D eigenvalue weighted by Gasteiger charge is -2.39. The molecule has 2 unspecified atom stereocenters. The van der Waals surface area contributed by atoms with Crippen molar-refractivity contribution in [1.29, 1.82) is 0 Å². The molecule has 2 fully saturated rings. The summed E-state index contributed by atoms with van der Waals surface area (Å²) in [5, 5.41) is 3.07. The molecule has 1 amide bonds. The molecule has 1 spiro atoms. The predicted molar refractivity (Wildman–Crippen MR) is 53.9 cm³/mol. The molecule has 2 aliphatic heterocycles. The second-order valence-electron chi connectivity index (χ2n) is 5.24. The first kappa shape index (κ1) is 9.97. The summed E-state index contributed by atoms with van der Waals surface area (Å²) in [6, 6.07) is 0.299. The van der Waals surface area contributed by atoms with Gasteiger partial charge in [0.15, 0.2) is 0 Å². The van der Waals surface area contributed by atoms with Crippen LogP contribution in [0.5, 0.6) is 0 Å². The number of carbonyl (C=O) groups excluding carboxylic acids is 1. The molecule has 2 atom stereocenters. The van der Waals surface area contributed by atoms with Crippen molar-refractivity contribution in [1.82, 2.24) is 5.32 Å². The molecule has 0 aromatic carbocycles. The molecule has 0 aliphatic carbocycles. The Morgan fingerprint density at radius 1 is 1.50 bits per heavy atom. The van der Waals surface area contributed by atoms with Gasteiger partial charge in [-0.05, 0) is 11.8 Å². The highest BCUT2D eigenvalue weighted by Gasteiger charge is 2.58. The summed E-state index contributed by atoms with van der Waals surface area (Å²) < 4.78 is 5.59. The molecular weight excluding hydrogens is 178 g/mol. The number of rotatable bonds is 1. The van der Waals surface area contributed by atoms with Crippen LogP contribution in [-0.2, 0) is 9.53 Å². The Hall–Kier alpha value is -0.570. The smallest absolute Gasteiger partial charge is 0.220 e. The third-order valence-corrected chi connectivity index (χ3v) is 4.06. The Balaban J connectivity index is 2.33. The van der Waals surface area contributed by atoms with Gasteiger partial charge in [0, 0.05) is 17.9 Å². The number of nitrogens with one attached hydrogen (secondary N) is 1. The average Bonchev–Trinajstić information content (AvgIpc) is 2.56. The zero-order chi connectivity index (χ0) is 10.4. The average molecular weight is 197 g/mol. The fraction of sp³-hybridized carbons (Fsp3) is 0.909. The summed E-state index contributed by atoms with van der Waals surface area (Å²) in [7, 11) is 0. The molecule has 0 bridgehead atoms. The molecule has 0 radical (unpaired) electrons. The van der Waals surface area contributed by atoms with Crippen LogP contribution in [0.15, 0.2) is 0 Å². The van der Waals surface area contributed by atoms with E-state index >= 15 is 0 Å². The maximum Gasteiger partial charge on any atom is 0.220 e. The molecule has 2 heterocycles. The van der Waals surface area contributed by atoms with Gasteiger partial charge in [0.05, 0.1) is 13.2 Å². The van der Waals surface area contributed by atoms with Crippen molar-refractivity contribution in [2.24, 2.45) is 10.8 Å². The molecule has 3 heteroatoms. The number of hydrogen-bond donors (Lipinski definition) is 1. The number of carbonyl (C=O) groups is 1. The summed E-state index contributed by atoms with van der Waals surface area (Å²) in [4.78, 5) is 11.5. The Morgan fingerprint density at radius 3 is 2.71 bits per heavy atom. The van der Waals surface area contributed by atoms with Crippen LogP contribution in [0.2, 0.25) is 0 Å². The van der Waals surface area contributed by atoms with Crippen molar-refractivity contribution in [3.05, 3.63) is 0 Å². The lowest BCUT2D eigenvalue weighted by molar-refractivity contribution is -0.120. The van der Waals surface area contributed by atoms with Crippen LogP contribution in [0.3, 0.4) is 0 Å². The highest BCUT2D eigenvalue weighted by atomic mass is 16.5. The van der Waals surface area contributed by atoms with E-state index in [2.05, 4.69) is 26.1 Å². The highest BCUT2D eigenvalue weighted by molar-refractivity contribution is 5.80. The van der Waals surface area contributed by atoms with Gasteiger partial charge in [-0.3, -0.25) is 4.79 Å². The summed E-state index contributed by atoms with van der Waals surface area (Å²) in [6.07, 6.45) is 1.64. The van der Waals surface area contributed by atoms with E-state index in [1.54, 1.807) is 0 Å². The van der Waals surface area contributed by atoms with Crippen molar-refractivity contribution in [2.45, 2.75) is 39.7 Å². The normalized spacial score (nSPS) is 40.5. The van der Waals surface area contributed by atoms with E-state index in [1.165, 1.54) is 0 Å².